The maximum Gasteiger partial charge on any atom is 0.305 e. The number of ether oxygens (including phenoxy) is 3. The molecule has 0 saturated heterocycles. The molecule has 0 spiro atoms. The van der Waals surface area contributed by atoms with Crippen LogP contribution >= 0.6 is 0 Å². The van der Waals surface area contributed by atoms with Crippen LogP contribution < -0.4 is 0 Å². The lowest BCUT2D eigenvalue weighted by molar-refractivity contribution is -0.157. The first-order chi connectivity index (χ1) is 17.2. The third-order valence-electron chi connectivity index (χ3n) is 5.85. The van der Waals surface area contributed by atoms with E-state index in [0.29, 0.717) is 13.0 Å². The molecule has 1 aromatic rings. The molecule has 0 amide bonds. The van der Waals surface area contributed by atoms with E-state index in [1.54, 1.807) is 0 Å². The lowest BCUT2D eigenvalue weighted by Gasteiger charge is -2.15. The summed E-state index contributed by atoms with van der Waals surface area (Å²) in [6.45, 7) is 2.47. The third-order valence-corrected chi connectivity index (χ3v) is 5.85. The number of carbonyl (C=O) groups is 1. The summed E-state index contributed by atoms with van der Waals surface area (Å²) in [7, 11) is 0. The number of hydrogen-bond donors (Lipinski definition) is 2. The average molecular weight is 493 g/mol. The molecule has 0 fully saturated rings. The number of esters is 1. The Kier molecular flexibility index (Phi) is 20.3. The molecule has 0 aliphatic carbocycles. The van der Waals surface area contributed by atoms with E-state index in [2.05, 4.69) is 19.1 Å². The number of aliphatic hydroxyl groups excluding tert-OH is 2. The van der Waals surface area contributed by atoms with E-state index in [0.717, 1.165) is 63.4 Å². The predicted molar refractivity (Wildman–Crippen MR) is 140 cm³/mol. The second-order valence-corrected chi connectivity index (χ2v) is 9.12. The average Bonchev–Trinajstić information content (AvgIpc) is 2.88. The minimum atomic E-state index is -0.579. The van der Waals surface area contributed by atoms with E-state index in [1.807, 2.05) is 30.3 Å². The van der Waals surface area contributed by atoms with Crippen LogP contribution in [0.5, 0.6) is 0 Å². The predicted octanol–water partition coefficient (Wildman–Crippen LogP) is 6.09. The number of aliphatic hydroxyl groups is 2. The van der Waals surface area contributed by atoms with E-state index in [1.165, 1.54) is 19.3 Å². The van der Waals surface area contributed by atoms with Gasteiger partial charge in [-0.1, -0.05) is 94.4 Å². The Balaban J connectivity index is 1.93. The van der Waals surface area contributed by atoms with Gasteiger partial charge in [0.1, 0.15) is 19.5 Å². The molecule has 0 aliphatic rings. The summed E-state index contributed by atoms with van der Waals surface area (Å²) in [5.41, 5.74) is 1.04. The monoisotopic (exact) mass is 492 g/mol. The number of unbranched alkanes of at least 4 members (excludes halogenated alkanes) is 8. The van der Waals surface area contributed by atoms with Gasteiger partial charge in [0.15, 0.2) is 0 Å². The molecule has 2 N–H and O–H groups in total. The highest BCUT2D eigenvalue weighted by Crippen LogP contribution is 2.11. The number of benzene rings is 1. The summed E-state index contributed by atoms with van der Waals surface area (Å²) in [4.78, 5) is 11.9. The Labute approximate surface area is 212 Å². The number of hydrogen-bond acceptors (Lipinski definition) is 6. The van der Waals surface area contributed by atoms with Crippen LogP contribution in [0.1, 0.15) is 96.0 Å². The molecule has 1 aromatic carbocycles. The summed E-state index contributed by atoms with van der Waals surface area (Å²) in [6.07, 6.45) is 16.6. The minimum absolute atomic E-state index is 0.0315. The topological polar surface area (TPSA) is 85.2 Å². The van der Waals surface area contributed by atoms with Crippen molar-refractivity contribution in [2.45, 2.75) is 109 Å². The van der Waals surface area contributed by atoms with E-state index < -0.39 is 6.10 Å². The first-order valence-corrected chi connectivity index (χ1v) is 13.5. The largest absolute Gasteiger partial charge is 0.463 e. The van der Waals surface area contributed by atoms with Crippen LogP contribution in [0, 0.1) is 0 Å². The Morgan fingerprint density at radius 3 is 2.49 bits per heavy atom. The molecule has 1 rings (SSSR count). The molecule has 0 radical (unpaired) electrons. The first-order valence-electron chi connectivity index (χ1n) is 13.5. The van der Waals surface area contributed by atoms with Gasteiger partial charge in [-0.3, -0.25) is 4.79 Å². The molecule has 0 unspecified atom stereocenters. The Bertz CT molecular complexity index is 633. The van der Waals surface area contributed by atoms with Crippen molar-refractivity contribution in [2.75, 3.05) is 20.0 Å². The van der Waals surface area contributed by atoms with Crippen molar-refractivity contribution < 1.29 is 29.2 Å². The Morgan fingerprint density at radius 1 is 0.971 bits per heavy atom. The van der Waals surface area contributed by atoms with Gasteiger partial charge >= 0.3 is 5.97 Å². The molecule has 6 heteroatoms. The van der Waals surface area contributed by atoms with Crippen LogP contribution in [-0.4, -0.2) is 48.4 Å². The van der Waals surface area contributed by atoms with Gasteiger partial charge in [0.05, 0.1) is 19.3 Å². The second-order valence-electron chi connectivity index (χ2n) is 9.12. The molecule has 0 aromatic heterocycles. The van der Waals surface area contributed by atoms with Crippen molar-refractivity contribution in [3.05, 3.63) is 48.0 Å². The van der Waals surface area contributed by atoms with Crippen LogP contribution in [0.25, 0.3) is 0 Å². The fraction of sp³-hybridized carbons (Fsp3) is 0.690. The maximum atomic E-state index is 11.9. The highest BCUT2D eigenvalue weighted by atomic mass is 16.7. The standard InChI is InChI=1S/C29H48O6/c1-2-3-4-14-19-27(31)20-15-9-7-5-6-8-10-16-21-29(32)34-24-28(22-30)35-25-33-23-26-17-12-11-13-18-26/h9,11-13,15,17-18,27-28,30-31H,2-8,10,14,16,19-25H2,1H3/b15-9-/t27-,28+/m1/s1. The number of carbonyl (C=O) groups excluding carboxylic acids is 1. The van der Waals surface area contributed by atoms with Crippen molar-refractivity contribution in [3.8, 4) is 0 Å². The fourth-order valence-electron chi connectivity index (χ4n) is 3.65. The molecule has 200 valence electrons. The maximum absolute atomic E-state index is 11.9. The van der Waals surface area contributed by atoms with Crippen LogP contribution in [0.3, 0.4) is 0 Å². The minimum Gasteiger partial charge on any atom is -0.463 e. The van der Waals surface area contributed by atoms with Gasteiger partial charge in [-0.2, -0.15) is 0 Å². The zero-order valence-corrected chi connectivity index (χ0v) is 21.7. The van der Waals surface area contributed by atoms with Crippen molar-refractivity contribution in [3.63, 3.8) is 0 Å². The van der Waals surface area contributed by atoms with Gasteiger partial charge < -0.3 is 24.4 Å². The molecule has 0 saturated carbocycles. The lowest BCUT2D eigenvalue weighted by Crippen LogP contribution is -2.26. The molecule has 0 aliphatic heterocycles. The van der Waals surface area contributed by atoms with Gasteiger partial charge in [0.2, 0.25) is 0 Å². The second kappa shape index (κ2) is 22.7. The third kappa shape index (κ3) is 19.2. The number of allylic oxidation sites excluding steroid dienone is 1. The van der Waals surface area contributed by atoms with Gasteiger partial charge in [-0.05, 0) is 37.7 Å². The quantitative estimate of drug-likeness (QED) is 0.0832. The van der Waals surface area contributed by atoms with Gasteiger partial charge in [-0.25, -0.2) is 0 Å². The van der Waals surface area contributed by atoms with E-state index in [-0.39, 0.29) is 32.1 Å². The van der Waals surface area contributed by atoms with E-state index >= 15 is 0 Å². The van der Waals surface area contributed by atoms with Crippen LogP contribution in [0.4, 0.5) is 0 Å². The molecular weight excluding hydrogens is 444 g/mol. The smallest absolute Gasteiger partial charge is 0.305 e. The van der Waals surface area contributed by atoms with E-state index in [4.69, 9.17) is 14.2 Å². The van der Waals surface area contributed by atoms with Crippen LogP contribution in [-0.2, 0) is 25.6 Å². The SMILES string of the molecule is CCCCCC[C@@H](O)C/C=C\CCCCCCCC(=O)OC[C@H](CO)OCOCc1ccccc1. The van der Waals surface area contributed by atoms with Crippen molar-refractivity contribution in [1.29, 1.82) is 0 Å². The molecule has 2 atom stereocenters. The van der Waals surface area contributed by atoms with Crippen LogP contribution in [0.2, 0.25) is 0 Å². The van der Waals surface area contributed by atoms with Gasteiger partial charge in [0.25, 0.3) is 0 Å². The summed E-state index contributed by atoms with van der Waals surface area (Å²) in [5, 5.41) is 19.3. The summed E-state index contributed by atoms with van der Waals surface area (Å²) >= 11 is 0. The Morgan fingerprint density at radius 2 is 1.71 bits per heavy atom. The Hall–Kier alpha value is -1.73. The fourth-order valence-corrected chi connectivity index (χ4v) is 3.65. The summed E-state index contributed by atoms with van der Waals surface area (Å²) < 4.78 is 16.1. The van der Waals surface area contributed by atoms with Crippen molar-refractivity contribution in [2.24, 2.45) is 0 Å². The highest BCUT2D eigenvalue weighted by Gasteiger charge is 2.12. The molecule has 35 heavy (non-hydrogen) atoms. The highest BCUT2D eigenvalue weighted by molar-refractivity contribution is 5.69. The molecule has 0 heterocycles. The molecular formula is C29H48O6. The number of rotatable bonds is 23. The van der Waals surface area contributed by atoms with Crippen molar-refractivity contribution in [1.82, 2.24) is 0 Å². The van der Waals surface area contributed by atoms with E-state index in [9.17, 15) is 15.0 Å². The van der Waals surface area contributed by atoms with Gasteiger partial charge in [0, 0.05) is 6.42 Å². The summed E-state index contributed by atoms with van der Waals surface area (Å²) in [6, 6.07) is 9.76. The van der Waals surface area contributed by atoms with Crippen LogP contribution in [0.15, 0.2) is 42.5 Å². The first kappa shape index (κ1) is 31.3. The zero-order chi connectivity index (χ0) is 25.4. The van der Waals surface area contributed by atoms with Gasteiger partial charge in [-0.15, -0.1) is 0 Å². The zero-order valence-electron chi connectivity index (χ0n) is 21.7. The normalized spacial score (nSPS) is 13.2. The molecule has 6 nitrogen and oxygen atoms in total. The summed E-state index contributed by atoms with van der Waals surface area (Å²) in [5.74, 6) is -0.256. The molecule has 0 bridgehead atoms. The van der Waals surface area contributed by atoms with Crippen molar-refractivity contribution >= 4 is 5.97 Å². The lowest BCUT2D eigenvalue weighted by atomic mass is 10.1.